The van der Waals surface area contributed by atoms with Crippen molar-refractivity contribution in [3.8, 4) is 0 Å². The molecule has 0 radical (unpaired) electrons. The molecule has 0 aromatic heterocycles. The van der Waals surface area contributed by atoms with Crippen molar-refractivity contribution in [1.82, 2.24) is 4.90 Å². The zero-order chi connectivity index (χ0) is 9.05. The summed E-state index contributed by atoms with van der Waals surface area (Å²) in [6.07, 6.45) is 3.50. The van der Waals surface area contributed by atoms with Crippen LogP contribution >= 0.6 is 0 Å². The molecular formula is C9H15NO2S. The third-order valence-corrected chi connectivity index (χ3v) is 5.97. The van der Waals surface area contributed by atoms with Crippen molar-refractivity contribution in [2.24, 2.45) is 5.92 Å². The molecule has 0 N–H and O–H groups in total. The molecule has 1 aliphatic carbocycles. The van der Waals surface area contributed by atoms with Crippen molar-refractivity contribution in [3.05, 3.63) is 0 Å². The van der Waals surface area contributed by atoms with Crippen molar-refractivity contribution in [3.63, 3.8) is 0 Å². The molecule has 2 saturated heterocycles. The lowest BCUT2D eigenvalue weighted by Gasteiger charge is -2.14. The van der Waals surface area contributed by atoms with Gasteiger partial charge in [-0.15, -0.1) is 0 Å². The summed E-state index contributed by atoms with van der Waals surface area (Å²) >= 11 is 0. The molecule has 0 amide bonds. The first kappa shape index (κ1) is 8.24. The van der Waals surface area contributed by atoms with Crippen molar-refractivity contribution in [2.45, 2.75) is 30.6 Å². The Balaban J connectivity index is 1.81. The minimum Gasteiger partial charge on any atom is -0.299 e. The first-order chi connectivity index (χ1) is 6.17. The number of rotatable bonds is 1. The quantitative estimate of drug-likeness (QED) is 0.611. The highest BCUT2D eigenvalue weighted by Crippen LogP contribution is 2.38. The molecule has 13 heavy (non-hydrogen) atoms. The van der Waals surface area contributed by atoms with E-state index in [1.54, 1.807) is 0 Å². The van der Waals surface area contributed by atoms with E-state index in [1.807, 2.05) is 0 Å². The van der Waals surface area contributed by atoms with Gasteiger partial charge >= 0.3 is 0 Å². The SMILES string of the molecule is O=S1(=O)CCC2CN(C3CC3)CC21. The smallest absolute Gasteiger partial charge is 0.154 e. The van der Waals surface area contributed by atoms with Crippen LogP contribution in [0.3, 0.4) is 0 Å². The Kier molecular flexibility index (Phi) is 1.57. The third-order valence-electron chi connectivity index (χ3n) is 3.71. The zero-order valence-electron chi connectivity index (χ0n) is 7.65. The van der Waals surface area contributed by atoms with Gasteiger partial charge in [0, 0.05) is 19.1 Å². The summed E-state index contributed by atoms with van der Waals surface area (Å²) in [6, 6.07) is 0.737. The fourth-order valence-electron chi connectivity index (χ4n) is 2.76. The van der Waals surface area contributed by atoms with Crippen LogP contribution in [0.4, 0.5) is 0 Å². The van der Waals surface area contributed by atoms with Gasteiger partial charge in [0.2, 0.25) is 0 Å². The first-order valence-electron chi connectivity index (χ1n) is 5.12. The molecule has 2 aliphatic heterocycles. The monoisotopic (exact) mass is 201 g/mol. The summed E-state index contributed by atoms with van der Waals surface area (Å²) in [6.45, 7) is 1.88. The number of hydrogen-bond donors (Lipinski definition) is 0. The molecule has 3 fully saturated rings. The highest BCUT2D eigenvalue weighted by molar-refractivity contribution is 7.92. The van der Waals surface area contributed by atoms with Crippen LogP contribution in [0.15, 0.2) is 0 Å². The Morgan fingerprint density at radius 1 is 1.08 bits per heavy atom. The molecular weight excluding hydrogens is 186 g/mol. The summed E-state index contributed by atoms with van der Waals surface area (Å²) < 4.78 is 23.2. The number of sulfone groups is 1. The van der Waals surface area contributed by atoms with Gasteiger partial charge in [-0.2, -0.15) is 0 Å². The van der Waals surface area contributed by atoms with Gasteiger partial charge in [-0.25, -0.2) is 8.42 Å². The predicted molar refractivity (Wildman–Crippen MR) is 50.3 cm³/mol. The molecule has 0 spiro atoms. The Labute approximate surface area is 79.0 Å². The summed E-state index contributed by atoms with van der Waals surface area (Å²) in [4.78, 5) is 2.39. The van der Waals surface area contributed by atoms with E-state index in [-0.39, 0.29) is 5.25 Å². The fraction of sp³-hybridized carbons (Fsp3) is 1.00. The van der Waals surface area contributed by atoms with Crippen LogP contribution in [0.2, 0.25) is 0 Å². The molecule has 2 heterocycles. The number of hydrogen-bond acceptors (Lipinski definition) is 3. The minimum absolute atomic E-state index is 0.00639. The van der Waals surface area contributed by atoms with Gasteiger partial charge in [0.15, 0.2) is 9.84 Å². The normalized spacial score (nSPS) is 43.7. The standard InChI is InChI=1S/C9H15NO2S/c11-13(12)4-3-7-5-10(6-9(7)13)8-1-2-8/h7-9H,1-6H2. The van der Waals surface area contributed by atoms with Gasteiger partial charge in [-0.3, -0.25) is 4.90 Å². The maximum atomic E-state index is 11.6. The second kappa shape index (κ2) is 2.48. The lowest BCUT2D eigenvalue weighted by Crippen LogP contribution is -2.28. The summed E-state index contributed by atoms with van der Waals surface area (Å²) in [5.41, 5.74) is 0. The van der Waals surface area contributed by atoms with Gasteiger partial charge < -0.3 is 0 Å². The summed E-state index contributed by atoms with van der Waals surface area (Å²) in [7, 11) is -2.70. The lowest BCUT2D eigenvalue weighted by atomic mass is 10.1. The maximum absolute atomic E-state index is 11.6. The molecule has 3 nitrogen and oxygen atoms in total. The Morgan fingerprint density at radius 3 is 2.46 bits per heavy atom. The second-order valence-electron chi connectivity index (χ2n) is 4.64. The van der Waals surface area contributed by atoms with Gasteiger partial charge in [-0.1, -0.05) is 0 Å². The maximum Gasteiger partial charge on any atom is 0.154 e. The molecule has 3 rings (SSSR count). The van der Waals surface area contributed by atoms with Gasteiger partial charge in [-0.05, 0) is 25.2 Å². The molecule has 2 unspecified atom stereocenters. The van der Waals surface area contributed by atoms with E-state index in [2.05, 4.69) is 4.90 Å². The fourth-order valence-corrected chi connectivity index (χ4v) is 4.92. The minimum atomic E-state index is -2.70. The number of fused-ring (bicyclic) bond motifs is 1. The van der Waals surface area contributed by atoms with Gasteiger partial charge in [0.25, 0.3) is 0 Å². The Bertz CT molecular complexity index is 321. The van der Waals surface area contributed by atoms with Gasteiger partial charge in [0.05, 0.1) is 11.0 Å². The van der Waals surface area contributed by atoms with Crippen LogP contribution in [0, 0.1) is 5.92 Å². The van der Waals surface area contributed by atoms with E-state index in [9.17, 15) is 8.42 Å². The Morgan fingerprint density at radius 2 is 1.85 bits per heavy atom. The molecule has 1 saturated carbocycles. The highest BCUT2D eigenvalue weighted by Gasteiger charge is 2.48. The van der Waals surface area contributed by atoms with Crippen molar-refractivity contribution in [2.75, 3.05) is 18.8 Å². The number of likely N-dealkylation sites (tertiary alicyclic amines) is 1. The predicted octanol–water partition coefficient (Wildman–Crippen LogP) is 0.268. The van der Waals surface area contributed by atoms with Crippen LogP contribution in [0.1, 0.15) is 19.3 Å². The molecule has 0 bridgehead atoms. The van der Waals surface area contributed by atoms with E-state index >= 15 is 0 Å². The van der Waals surface area contributed by atoms with Gasteiger partial charge in [0.1, 0.15) is 0 Å². The molecule has 2 atom stereocenters. The summed E-state index contributed by atoms with van der Waals surface area (Å²) in [5, 5.41) is -0.00639. The molecule has 74 valence electrons. The third kappa shape index (κ3) is 1.22. The average molecular weight is 201 g/mol. The first-order valence-corrected chi connectivity index (χ1v) is 6.84. The largest absolute Gasteiger partial charge is 0.299 e. The lowest BCUT2D eigenvalue weighted by molar-refractivity contribution is 0.312. The van der Waals surface area contributed by atoms with E-state index in [4.69, 9.17) is 0 Å². The van der Waals surface area contributed by atoms with E-state index < -0.39 is 9.84 Å². The zero-order valence-corrected chi connectivity index (χ0v) is 8.46. The Hall–Kier alpha value is -0.0900. The average Bonchev–Trinajstić information content (AvgIpc) is 2.76. The number of nitrogens with zero attached hydrogens (tertiary/aromatic N) is 1. The molecule has 3 aliphatic rings. The van der Waals surface area contributed by atoms with E-state index in [0.29, 0.717) is 11.7 Å². The summed E-state index contributed by atoms with van der Waals surface area (Å²) in [5.74, 6) is 0.909. The second-order valence-corrected chi connectivity index (χ2v) is 6.98. The van der Waals surface area contributed by atoms with E-state index in [0.717, 1.165) is 25.6 Å². The highest BCUT2D eigenvalue weighted by atomic mass is 32.2. The van der Waals surface area contributed by atoms with Crippen molar-refractivity contribution in [1.29, 1.82) is 0 Å². The van der Waals surface area contributed by atoms with Crippen LogP contribution in [-0.2, 0) is 9.84 Å². The van der Waals surface area contributed by atoms with E-state index in [1.165, 1.54) is 12.8 Å². The molecule has 0 aromatic rings. The van der Waals surface area contributed by atoms with Crippen LogP contribution in [0.25, 0.3) is 0 Å². The topological polar surface area (TPSA) is 37.4 Å². The van der Waals surface area contributed by atoms with Crippen LogP contribution < -0.4 is 0 Å². The van der Waals surface area contributed by atoms with Crippen molar-refractivity contribution >= 4 is 9.84 Å². The van der Waals surface area contributed by atoms with Crippen molar-refractivity contribution < 1.29 is 8.42 Å². The molecule has 4 heteroatoms. The molecule has 0 aromatic carbocycles. The van der Waals surface area contributed by atoms with Crippen LogP contribution in [0.5, 0.6) is 0 Å². The van der Waals surface area contributed by atoms with Crippen LogP contribution in [-0.4, -0.2) is 43.5 Å².